The number of hydrogen-bond acceptors (Lipinski definition) is 2. The van der Waals surface area contributed by atoms with Crippen LogP contribution in [-0.2, 0) is 12.8 Å². The van der Waals surface area contributed by atoms with Crippen molar-refractivity contribution in [3.63, 3.8) is 0 Å². The summed E-state index contributed by atoms with van der Waals surface area (Å²) in [6.45, 7) is 7.10. The lowest BCUT2D eigenvalue weighted by atomic mass is 10.1. The summed E-state index contributed by atoms with van der Waals surface area (Å²) in [5, 5.41) is 3.43. The lowest BCUT2D eigenvalue weighted by Gasteiger charge is -2.05. The van der Waals surface area contributed by atoms with E-state index in [2.05, 4.69) is 43.4 Å². The third-order valence-electron chi connectivity index (χ3n) is 3.00. The molecule has 0 aliphatic carbocycles. The van der Waals surface area contributed by atoms with Crippen LogP contribution in [0, 0.1) is 0 Å². The highest BCUT2D eigenvalue weighted by Crippen LogP contribution is 2.25. The van der Waals surface area contributed by atoms with Crippen LogP contribution in [0.15, 0.2) is 29.8 Å². The highest BCUT2D eigenvalue weighted by molar-refractivity contribution is 5.39. The maximum absolute atomic E-state index is 5.50. The molecule has 1 N–H and O–H groups in total. The minimum absolute atomic E-state index is 0.845. The van der Waals surface area contributed by atoms with Gasteiger partial charge in [0.25, 0.3) is 0 Å². The van der Waals surface area contributed by atoms with Crippen molar-refractivity contribution in [1.82, 2.24) is 5.32 Å². The van der Waals surface area contributed by atoms with Crippen LogP contribution in [-0.4, -0.2) is 19.7 Å². The minimum Gasteiger partial charge on any atom is -0.493 e. The molecule has 1 aliphatic rings. The van der Waals surface area contributed by atoms with E-state index in [-0.39, 0.29) is 0 Å². The van der Waals surface area contributed by atoms with E-state index in [0.29, 0.717) is 0 Å². The number of nitrogens with one attached hydrogen (secondary N) is 1. The van der Waals surface area contributed by atoms with Gasteiger partial charge in [0.1, 0.15) is 5.75 Å². The number of rotatable bonds is 5. The molecule has 1 aromatic carbocycles. The van der Waals surface area contributed by atoms with Gasteiger partial charge < -0.3 is 10.1 Å². The van der Waals surface area contributed by atoms with E-state index in [4.69, 9.17) is 4.74 Å². The lowest BCUT2D eigenvalue weighted by Crippen LogP contribution is -2.17. The van der Waals surface area contributed by atoms with Crippen molar-refractivity contribution >= 4 is 0 Å². The standard InChI is InChI=1S/C15H21NO/c1-12(2)5-8-16-9-6-13-3-4-15-14(11-13)7-10-17-15/h3-5,11,16H,6-10H2,1-2H3. The summed E-state index contributed by atoms with van der Waals surface area (Å²) >= 11 is 0. The largest absolute Gasteiger partial charge is 0.493 e. The Hall–Kier alpha value is -1.28. The zero-order valence-electron chi connectivity index (χ0n) is 10.8. The van der Waals surface area contributed by atoms with Gasteiger partial charge in [-0.25, -0.2) is 0 Å². The Bertz CT molecular complexity index is 405. The van der Waals surface area contributed by atoms with E-state index in [0.717, 1.165) is 38.3 Å². The van der Waals surface area contributed by atoms with E-state index in [1.54, 1.807) is 0 Å². The normalized spacial score (nSPS) is 13.1. The van der Waals surface area contributed by atoms with Crippen LogP contribution in [0.4, 0.5) is 0 Å². The molecule has 1 aromatic rings. The Morgan fingerprint density at radius 3 is 3.12 bits per heavy atom. The fourth-order valence-corrected chi connectivity index (χ4v) is 2.01. The molecule has 92 valence electrons. The predicted molar refractivity (Wildman–Crippen MR) is 71.6 cm³/mol. The molecular formula is C15H21NO. The minimum atomic E-state index is 0.845. The molecule has 2 heteroatoms. The molecule has 0 aromatic heterocycles. The summed E-state index contributed by atoms with van der Waals surface area (Å²) < 4.78 is 5.50. The zero-order valence-corrected chi connectivity index (χ0v) is 10.8. The molecule has 0 amide bonds. The summed E-state index contributed by atoms with van der Waals surface area (Å²) in [5.74, 6) is 1.08. The Labute approximate surface area is 104 Å². The van der Waals surface area contributed by atoms with Crippen LogP contribution in [0.1, 0.15) is 25.0 Å². The first-order valence-electron chi connectivity index (χ1n) is 6.34. The topological polar surface area (TPSA) is 21.3 Å². The van der Waals surface area contributed by atoms with Crippen molar-refractivity contribution in [2.45, 2.75) is 26.7 Å². The lowest BCUT2D eigenvalue weighted by molar-refractivity contribution is 0.357. The Morgan fingerprint density at radius 2 is 2.29 bits per heavy atom. The van der Waals surface area contributed by atoms with E-state index < -0.39 is 0 Å². The van der Waals surface area contributed by atoms with Crippen LogP contribution < -0.4 is 10.1 Å². The van der Waals surface area contributed by atoms with Crippen molar-refractivity contribution in [1.29, 1.82) is 0 Å². The summed E-state index contributed by atoms with van der Waals surface area (Å²) in [5.41, 5.74) is 4.14. The fraction of sp³-hybridized carbons (Fsp3) is 0.467. The molecule has 0 saturated carbocycles. The first-order chi connectivity index (χ1) is 8.25. The molecule has 1 aliphatic heterocycles. The fourth-order valence-electron chi connectivity index (χ4n) is 2.01. The van der Waals surface area contributed by atoms with Gasteiger partial charge in [0.05, 0.1) is 6.61 Å². The average molecular weight is 231 g/mol. The molecule has 1 heterocycles. The van der Waals surface area contributed by atoms with Crippen molar-refractivity contribution in [3.8, 4) is 5.75 Å². The number of fused-ring (bicyclic) bond motifs is 1. The molecular weight excluding hydrogens is 210 g/mol. The molecule has 0 unspecified atom stereocenters. The first-order valence-corrected chi connectivity index (χ1v) is 6.34. The van der Waals surface area contributed by atoms with Crippen molar-refractivity contribution in [2.75, 3.05) is 19.7 Å². The SMILES string of the molecule is CC(C)=CCNCCc1ccc2c(c1)CCO2. The van der Waals surface area contributed by atoms with Crippen LogP contribution in [0.25, 0.3) is 0 Å². The van der Waals surface area contributed by atoms with Gasteiger partial charge >= 0.3 is 0 Å². The summed E-state index contributed by atoms with van der Waals surface area (Å²) in [4.78, 5) is 0. The Balaban J connectivity index is 1.78. The highest BCUT2D eigenvalue weighted by Gasteiger charge is 2.11. The molecule has 2 rings (SSSR count). The summed E-state index contributed by atoms with van der Waals surface area (Å²) in [6, 6.07) is 6.56. The molecule has 0 radical (unpaired) electrons. The van der Waals surface area contributed by atoms with E-state index >= 15 is 0 Å². The molecule has 0 saturated heterocycles. The first kappa shape index (κ1) is 12.2. The second kappa shape index (κ2) is 5.87. The summed E-state index contributed by atoms with van der Waals surface area (Å²) in [7, 11) is 0. The Morgan fingerprint density at radius 1 is 1.41 bits per heavy atom. The number of hydrogen-bond donors (Lipinski definition) is 1. The van der Waals surface area contributed by atoms with Gasteiger partial charge in [-0.1, -0.05) is 23.8 Å². The number of benzene rings is 1. The van der Waals surface area contributed by atoms with Crippen molar-refractivity contribution in [2.24, 2.45) is 0 Å². The van der Waals surface area contributed by atoms with Crippen LogP contribution >= 0.6 is 0 Å². The predicted octanol–water partition coefficient (Wildman–Crippen LogP) is 2.72. The van der Waals surface area contributed by atoms with Gasteiger partial charge in [-0.2, -0.15) is 0 Å². The summed E-state index contributed by atoms with van der Waals surface area (Å²) in [6.07, 6.45) is 4.37. The monoisotopic (exact) mass is 231 g/mol. The third-order valence-corrected chi connectivity index (χ3v) is 3.00. The second-order valence-corrected chi connectivity index (χ2v) is 4.78. The van der Waals surface area contributed by atoms with Crippen LogP contribution in [0.3, 0.4) is 0 Å². The van der Waals surface area contributed by atoms with E-state index in [1.165, 1.54) is 16.7 Å². The van der Waals surface area contributed by atoms with E-state index in [9.17, 15) is 0 Å². The van der Waals surface area contributed by atoms with Gasteiger partial charge in [-0.15, -0.1) is 0 Å². The maximum Gasteiger partial charge on any atom is 0.122 e. The number of allylic oxidation sites excluding steroid dienone is 1. The van der Waals surface area contributed by atoms with Gasteiger partial charge in [-0.05, 0) is 44.0 Å². The van der Waals surface area contributed by atoms with Gasteiger partial charge in [0, 0.05) is 13.0 Å². The van der Waals surface area contributed by atoms with Crippen molar-refractivity contribution < 1.29 is 4.74 Å². The number of ether oxygens (including phenoxy) is 1. The molecule has 0 bridgehead atoms. The maximum atomic E-state index is 5.50. The van der Waals surface area contributed by atoms with Crippen LogP contribution in [0.2, 0.25) is 0 Å². The molecule has 0 spiro atoms. The quantitative estimate of drug-likeness (QED) is 0.621. The molecule has 0 atom stereocenters. The molecule has 0 fully saturated rings. The highest BCUT2D eigenvalue weighted by atomic mass is 16.5. The van der Waals surface area contributed by atoms with Crippen LogP contribution in [0.5, 0.6) is 5.75 Å². The molecule has 17 heavy (non-hydrogen) atoms. The van der Waals surface area contributed by atoms with E-state index in [1.807, 2.05) is 0 Å². The molecule has 2 nitrogen and oxygen atoms in total. The van der Waals surface area contributed by atoms with Gasteiger partial charge in [0.2, 0.25) is 0 Å². The third kappa shape index (κ3) is 3.60. The zero-order chi connectivity index (χ0) is 12.1. The van der Waals surface area contributed by atoms with Gasteiger partial charge in [0.15, 0.2) is 0 Å². The average Bonchev–Trinajstić information content (AvgIpc) is 2.75. The second-order valence-electron chi connectivity index (χ2n) is 4.78. The van der Waals surface area contributed by atoms with Crippen molar-refractivity contribution in [3.05, 3.63) is 41.0 Å². The van der Waals surface area contributed by atoms with Gasteiger partial charge in [-0.3, -0.25) is 0 Å². The smallest absolute Gasteiger partial charge is 0.122 e. The Kier molecular flexibility index (Phi) is 4.21.